The second-order valence-corrected chi connectivity index (χ2v) is 1.71. The smallest absolute Gasteiger partial charge is 0 e. The predicted molar refractivity (Wildman–Crippen MR) is 78.4 cm³/mol. The van der Waals surface area contributed by atoms with Crippen molar-refractivity contribution in [1.29, 1.82) is 0 Å². The van der Waals surface area contributed by atoms with Gasteiger partial charge in [0.25, 0.3) is 0 Å². The van der Waals surface area contributed by atoms with E-state index in [0.717, 1.165) is 12.8 Å². The first-order valence-electron chi connectivity index (χ1n) is 2.57. The third-order valence-electron chi connectivity index (χ3n) is 1.17. The Morgan fingerprint density at radius 1 is 1.00 bits per heavy atom. The van der Waals surface area contributed by atoms with Crippen LogP contribution in [0.5, 0.6) is 0 Å². The molecule has 0 aliphatic heterocycles. The van der Waals surface area contributed by atoms with Crippen molar-refractivity contribution in [2.45, 2.75) is 12.8 Å². The van der Waals surface area contributed by atoms with Gasteiger partial charge in [0.05, 0.1) is 0 Å². The van der Waals surface area contributed by atoms with Gasteiger partial charge in [-0.25, -0.2) is 0 Å². The van der Waals surface area contributed by atoms with Crippen molar-refractivity contribution in [2.75, 3.05) is 0 Å². The van der Waals surface area contributed by atoms with Crippen LogP contribution in [0.25, 0.3) is 0 Å². The monoisotopic (exact) mass is 420 g/mol. The second kappa shape index (κ2) is 36.3. The van der Waals surface area contributed by atoms with Gasteiger partial charge in [0, 0.05) is 25.8 Å². The molecular formula is C12H26Cl2Hf-6. The average molecular weight is 420 g/mol. The van der Waals surface area contributed by atoms with Crippen molar-refractivity contribution >= 4 is 24.8 Å². The molecule has 15 heavy (non-hydrogen) atoms. The molecule has 0 saturated heterocycles. The maximum Gasteiger partial charge on any atom is 0 e. The van der Waals surface area contributed by atoms with Crippen LogP contribution in [-0.2, 0) is 25.8 Å². The Balaban J connectivity index is -0.0000000102. The molecule has 98 valence electrons. The zero-order chi connectivity index (χ0) is 5.11. The van der Waals surface area contributed by atoms with Crippen LogP contribution in [-0.4, -0.2) is 0 Å². The molecule has 0 aromatic rings. The Kier molecular flexibility index (Phi) is 137. The SMILES string of the molecule is Cl.Cl.[CH2-]CC1=CC=CC1.[CH3-].[CH3-].[CH3-].[CH3-].[CH3-].[Hf]. The molecule has 0 heterocycles. The van der Waals surface area contributed by atoms with E-state index in [4.69, 9.17) is 0 Å². The molecule has 0 bridgehead atoms. The third-order valence-corrected chi connectivity index (χ3v) is 1.17. The number of halogens is 2. The molecule has 0 aromatic carbocycles. The van der Waals surface area contributed by atoms with E-state index in [9.17, 15) is 0 Å². The van der Waals surface area contributed by atoms with Crippen molar-refractivity contribution in [2.24, 2.45) is 0 Å². The Hall–Kier alpha value is 0.930. The van der Waals surface area contributed by atoms with Crippen LogP contribution in [0.1, 0.15) is 12.8 Å². The summed E-state index contributed by atoms with van der Waals surface area (Å²) in [4.78, 5) is 0. The summed E-state index contributed by atoms with van der Waals surface area (Å²) in [6, 6.07) is 0. The van der Waals surface area contributed by atoms with Crippen LogP contribution < -0.4 is 0 Å². The van der Waals surface area contributed by atoms with E-state index in [-0.39, 0.29) is 87.8 Å². The normalized spacial score (nSPS) is 8.20. The number of hydrogen-bond acceptors (Lipinski definition) is 0. The molecule has 0 aromatic heterocycles. The fraction of sp³-hybridized carbons (Fsp3) is 0.167. The number of hydrogen-bond donors (Lipinski definition) is 0. The van der Waals surface area contributed by atoms with E-state index >= 15 is 0 Å². The Morgan fingerprint density at radius 3 is 1.53 bits per heavy atom. The Morgan fingerprint density at radius 2 is 1.40 bits per heavy atom. The first kappa shape index (κ1) is 56.5. The van der Waals surface area contributed by atoms with Crippen LogP contribution in [0.3, 0.4) is 0 Å². The molecule has 0 radical (unpaired) electrons. The van der Waals surface area contributed by atoms with Gasteiger partial charge in [0.2, 0.25) is 0 Å². The predicted octanol–water partition coefficient (Wildman–Crippen LogP) is 5.19. The molecule has 0 spiro atoms. The Labute approximate surface area is 131 Å². The topological polar surface area (TPSA) is 0 Å². The second-order valence-electron chi connectivity index (χ2n) is 1.71. The van der Waals surface area contributed by atoms with E-state index in [2.05, 4.69) is 25.2 Å². The van der Waals surface area contributed by atoms with Crippen LogP contribution in [0, 0.1) is 44.1 Å². The summed E-state index contributed by atoms with van der Waals surface area (Å²) in [7, 11) is 0. The molecule has 0 saturated carbocycles. The van der Waals surface area contributed by atoms with Gasteiger partial charge in [-0.05, 0) is 6.42 Å². The Bertz CT molecular complexity index is 121. The van der Waals surface area contributed by atoms with Gasteiger partial charge in [-0.2, -0.15) is 6.42 Å². The summed E-state index contributed by atoms with van der Waals surface area (Å²) in [5.74, 6) is 0. The summed E-state index contributed by atoms with van der Waals surface area (Å²) in [6.45, 7) is 3.76. The molecule has 0 fully saturated rings. The third kappa shape index (κ3) is 25.3. The fourth-order valence-electron chi connectivity index (χ4n) is 0.677. The van der Waals surface area contributed by atoms with Crippen LogP contribution >= 0.6 is 24.8 Å². The first-order chi connectivity index (χ1) is 3.43. The van der Waals surface area contributed by atoms with Crippen molar-refractivity contribution in [3.05, 3.63) is 67.9 Å². The number of rotatable bonds is 1. The molecule has 0 N–H and O–H groups in total. The van der Waals surface area contributed by atoms with Gasteiger partial charge >= 0.3 is 0 Å². The number of allylic oxidation sites excluding steroid dienone is 4. The standard InChI is InChI=1S/C7H9.5CH3.2ClH.Hf/c1-2-7-5-3-4-6-7;;;;;;;;/h3-5H,1-2,6H2;5*1H3;2*1H;/q6*-1;;;. The summed E-state index contributed by atoms with van der Waals surface area (Å²) < 4.78 is 0. The average Bonchev–Trinajstić information content (AvgIpc) is 2.14. The molecule has 1 aliphatic carbocycles. The zero-order valence-corrected chi connectivity index (χ0v) is 15.9. The van der Waals surface area contributed by atoms with Gasteiger partial charge in [0.15, 0.2) is 0 Å². The summed E-state index contributed by atoms with van der Waals surface area (Å²) in [5, 5.41) is 0. The van der Waals surface area contributed by atoms with E-state index in [0.29, 0.717) is 0 Å². The summed E-state index contributed by atoms with van der Waals surface area (Å²) >= 11 is 0. The molecule has 3 heteroatoms. The van der Waals surface area contributed by atoms with Crippen LogP contribution in [0.4, 0.5) is 0 Å². The largest absolute Gasteiger partial charge is 0.358 e. The van der Waals surface area contributed by atoms with Crippen molar-refractivity contribution in [3.63, 3.8) is 0 Å². The molecule has 0 amide bonds. The molecule has 0 atom stereocenters. The van der Waals surface area contributed by atoms with E-state index < -0.39 is 0 Å². The minimum absolute atomic E-state index is 0. The molecule has 0 nitrogen and oxygen atoms in total. The fourth-order valence-corrected chi connectivity index (χ4v) is 0.677. The van der Waals surface area contributed by atoms with Gasteiger partial charge in [-0.15, -0.1) is 24.8 Å². The van der Waals surface area contributed by atoms with E-state index in [1.165, 1.54) is 5.57 Å². The molecule has 1 rings (SSSR count). The van der Waals surface area contributed by atoms with E-state index in [1.807, 2.05) is 0 Å². The molecule has 1 aliphatic rings. The summed E-state index contributed by atoms with van der Waals surface area (Å²) in [5.41, 5.74) is 1.44. The van der Waals surface area contributed by atoms with E-state index in [1.54, 1.807) is 0 Å². The van der Waals surface area contributed by atoms with Crippen molar-refractivity contribution in [1.82, 2.24) is 0 Å². The molecule has 0 unspecified atom stereocenters. The quantitative estimate of drug-likeness (QED) is 0.405. The zero-order valence-electron chi connectivity index (χ0n) is 10.7. The summed E-state index contributed by atoms with van der Waals surface area (Å²) in [6.07, 6.45) is 8.46. The molecular weight excluding hydrogens is 394 g/mol. The minimum atomic E-state index is 0. The first-order valence-corrected chi connectivity index (χ1v) is 2.57. The van der Waals surface area contributed by atoms with Gasteiger partial charge < -0.3 is 44.1 Å². The van der Waals surface area contributed by atoms with Gasteiger partial charge in [-0.1, -0.05) is 23.8 Å². The van der Waals surface area contributed by atoms with Crippen LogP contribution in [0.2, 0.25) is 0 Å². The minimum Gasteiger partial charge on any atom is -0.358 e. The van der Waals surface area contributed by atoms with Gasteiger partial charge in [0.1, 0.15) is 0 Å². The maximum absolute atomic E-state index is 3.76. The van der Waals surface area contributed by atoms with Crippen molar-refractivity contribution < 1.29 is 25.8 Å². The van der Waals surface area contributed by atoms with Crippen molar-refractivity contribution in [3.8, 4) is 0 Å². The van der Waals surface area contributed by atoms with Gasteiger partial charge in [-0.3, -0.25) is 0 Å². The maximum atomic E-state index is 3.76. The van der Waals surface area contributed by atoms with Crippen LogP contribution in [0.15, 0.2) is 23.8 Å².